The van der Waals surface area contributed by atoms with Crippen LogP contribution in [0.25, 0.3) is 0 Å². The zero-order valence-electron chi connectivity index (χ0n) is 13.0. The molecule has 0 unspecified atom stereocenters. The maximum absolute atomic E-state index is 13.6. The van der Waals surface area contributed by atoms with Crippen LogP contribution >= 0.6 is 0 Å². The van der Waals surface area contributed by atoms with E-state index in [1.165, 1.54) is 48.5 Å². The summed E-state index contributed by atoms with van der Waals surface area (Å²) in [5, 5.41) is 0. The van der Waals surface area contributed by atoms with Crippen molar-refractivity contribution >= 4 is 10.9 Å². The Morgan fingerprint density at radius 1 is 0.692 bits per heavy atom. The highest BCUT2D eigenvalue weighted by atomic mass is 32.2. The van der Waals surface area contributed by atoms with Crippen molar-refractivity contribution in [3.63, 3.8) is 0 Å². The fourth-order valence-electron chi connectivity index (χ4n) is 2.73. The first-order chi connectivity index (χ1) is 12.3. The van der Waals surface area contributed by atoms with E-state index < -0.39 is 34.3 Å². The summed E-state index contributed by atoms with van der Waals surface area (Å²) in [5.74, 6) is -0.572. The third-order valence-electron chi connectivity index (χ3n) is 3.89. The largest absolute Gasteiger partial charge is 0.447 e. The topological polar surface area (TPSA) is 9.23 Å². The smallest absolute Gasteiger partial charge is 0.416 e. The Balaban J connectivity index is 1.88. The highest BCUT2D eigenvalue weighted by Gasteiger charge is 2.40. The summed E-state index contributed by atoms with van der Waals surface area (Å²) in [6.45, 7) is 0. The monoisotopic (exact) mass is 381 g/mol. The molecule has 1 aliphatic rings. The molecule has 26 heavy (non-hydrogen) atoms. The zero-order chi connectivity index (χ0) is 18.5. The van der Waals surface area contributed by atoms with Crippen molar-refractivity contribution in [1.82, 2.24) is 0 Å². The highest BCUT2D eigenvalue weighted by molar-refractivity contribution is 7.97. The maximum Gasteiger partial charge on any atom is 0.416 e. The van der Waals surface area contributed by atoms with Crippen molar-refractivity contribution in [1.29, 1.82) is 0 Å². The standard InChI is InChI=1S/C19H10F5OS/c20-12-3-7-17-15(9-12)25-16-10-13(21)4-8-18(16)26(17)14-5-1-11(2-6-14)19(22,23)24/h1-10H/q+1. The van der Waals surface area contributed by atoms with Gasteiger partial charge >= 0.3 is 6.18 Å². The van der Waals surface area contributed by atoms with E-state index >= 15 is 0 Å². The number of ether oxygens (including phenoxy) is 1. The second-order valence-electron chi connectivity index (χ2n) is 5.61. The van der Waals surface area contributed by atoms with Crippen molar-refractivity contribution in [2.45, 2.75) is 20.9 Å². The minimum Gasteiger partial charge on any atom is -0.447 e. The van der Waals surface area contributed by atoms with Gasteiger partial charge in [0.05, 0.1) is 5.56 Å². The quantitative estimate of drug-likeness (QED) is 0.282. The number of rotatable bonds is 1. The van der Waals surface area contributed by atoms with Gasteiger partial charge in [0.25, 0.3) is 0 Å². The van der Waals surface area contributed by atoms with Gasteiger partial charge in [-0.25, -0.2) is 8.78 Å². The SMILES string of the molecule is Fc1ccc2c(c1)Oc1cc(F)ccc1[S+]2c1ccc(C(F)(F)F)cc1. The van der Waals surface area contributed by atoms with E-state index in [9.17, 15) is 22.0 Å². The molecule has 0 bridgehead atoms. The lowest BCUT2D eigenvalue weighted by Crippen LogP contribution is -2.13. The van der Waals surface area contributed by atoms with E-state index in [0.29, 0.717) is 14.7 Å². The fourth-order valence-corrected chi connectivity index (χ4v) is 4.90. The molecule has 0 aromatic heterocycles. The molecule has 1 aliphatic heterocycles. The van der Waals surface area contributed by atoms with Gasteiger partial charge in [0.15, 0.2) is 16.4 Å². The third kappa shape index (κ3) is 2.92. The first-order valence-corrected chi connectivity index (χ1v) is 8.74. The Bertz CT molecular complexity index is 931. The molecule has 4 rings (SSSR count). The number of fused-ring (bicyclic) bond motifs is 2. The summed E-state index contributed by atoms with van der Waals surface area (Å²) in [6.07, 6.45) is -4.43. The molecule has 0 amide bonds. The van der Waals surface area contributed by atoms with E-state index in [1.807, 2.05) is 0 Å². The van der Waals surface area contributed by atoms with Crippen molar-refractivity contribution in [2.24, 2.45) is 0 Å². The summed E-state index contributed by atoms with van der Waals surface area (Å²) < 4.78 is 71.3. The second-order valence-corrected chi connectivity index (χ2v) is 7.58. The van der Waals surface area contributed by atoms with Gasteiger partial charge in [0.1, 0.15) is 22.5 Å². The Labute approximate surface area is 148 Å². The highest BCUT2D eigenvalue weighted by Crippen LogP contribution is 2.47. The predicted octanol–water partition coefficient (Wildman–Crippen LogP) is 6.18. The van der Waals surface area contributed by atoms with Crippen LogP contribution in [-0.4, -0.2) is 0 Å². The van der Waals surface area contributed by atoms with Crippen molar-refractivity contribution < 1.29 is 26.7 Å². The minimum atomic E-state index is -4.43. The first-order valence-electron chi connectivity index (χ1n) is 7.51. The number of alkyl halides is 3. The summed E-state index contributed by atoms with van der Waals surface area (Å²) >= 11 is 0. The molecule has 7 heteroatoms. The van der Waals surface area contributed by atoms with Gasteiger partial charge in [0.2, 0.25) is 9.79 Å². The molecule has 0 saturated heterocycles. The zero-order valence-corrected chi connectivity index (χ0v) is 13.8. The third-order valence-corrected chi connectivity index (χ3v) is 6.19. The van der Waals surface area contributed by atoms with Crippen LogP contribution < -0.4 is 4.74 Å². The summed E-state index contributed by atoms with van der Waals surface area (Å²) in [4.78, 5) is 1.86. The van der Waals surface area contributed by atoms with E-state index in [0.717, 1.165) is 12.1 Å². The lowest BCUT2D eigenvalue weighted by atomic mass is 10.2. The Morgan fingerprint density at radius 2 is 1.19 bits per heavy atom. The number of hydrogen-bond donors (Lipinski definition) is 0. The lowest BCUT2D eigenvalue weighted by Gasteiger charge is -2.20. The van der Waals surface area contributed by atoms with Gasteiger partial charge in [-0.3, -0.25) is 0 Å². The molecular formula is C19H10F5OS+. The summed E-state index contributed by atoms with van der Waals surface area (Å²) in [5.41, 5.74) is -0.753. The van der Waals surface area contributed by atoms with Gasteiger partial charge < -0.3 is 4.74 Å². The minimum absolute atomic E-state index is 0.228. The predicted molar refractivity (Wildman–Crippen MR) is 86.5 cm³/mol. The second kappa shape index (κ2) is 6.02. The van der Waals surface area contributed by atoms with Crippen molar-refractivity contribution in [2.75, 3.05) is 0 Å². The molecule has 0 fully saturated rings. The van der Waals surface area contributed by atoms with E-state index in [2.05, 4.69) is 0 Å². The molecule has 1 nitrogen and oxygen atoms in total. The number of benzene rings is 3. The summed E-state index contributed by atoms with van der Waals surface area (Å²) in [6, 6.07) is 12.8. The molecule has 0 aliphatic carbocycles. The normalized spacial score (nSPS) is 13.7. The van der Waals surface area contributed by atoms with Gasteiger partial charge in [-0.15, -0.1) is 0 Å². The number of hydrogen-bond acceptors (Lipinski definition) is 1. The molecule has 3 aromatic carbocycles. The van der Waals surface area contributed by atoms with Crippen LogP contribution in [0, 0.1) is 11.6 Å². The molecule has 0 saturated carbocycles. The van der Waals surface area contributed by atoms with Gasteiger partial charge in [-0.1, -0.05) is 0 Å². The molecule has 3 aromatic rings. The van der Waals surface area contributed by atoms with Crippen molar-refractivity contribution in [3.8, 4) is 11.5 Å². The number of halogens is 5. The molecule has 1 heterocycles. The van der Waals surface area contributed by atoms with Crippen molar-refractivity contribution in [3.05, 3.63) is 77.9 Å². The van der Waals surface area contributed by atoms with Crippen LogP contribution in [-0.2, 0) is 17.1 Å². The Morgan fingerprint density at radius 3 is 1.65 bits per heavy atom. The van der Waals surface area contributed by atoms with Gasteiger partial charge in [0, 0.05) is 24.3 Å². The van der Waals surface area contributed by atoms with Crippen LogP contribution in [0.15, 0.2) is 75.4 Å². The molecule has 0 N–H and O–H groups in total. The fraction of sp³-hybridized carbons (Fsp3) is 0.0526. The van der Waals surface area contributed by atoms with Crippen LogP contribution in [0.4, 0.5) is 22.0 Å². The van der Waals surface area contributed by atoms with Crippen LogP contribution in [0.3, 0.4) is 0 Å². The molecule has 132 valence electrons. The summed E-state index contributed by atoms with van der Waals surface area (Å²) in [7, 11) is -0.835. The van der Waals surface area contributed by atoms with Crippen LogP contribution in [0.1, 0.15) is 5.56 Å². The van der Waals surface area contributed by atoms with Crippen LogP contribution in [0.5, 0.6) is 11.5 Å². The molecular weight excluding hydrogens is 371 g/mol. The molecule has 0 radical (unpaired) electrons. The molecule has 0 atom stereocenters. The van der Waals surface area contributed by atoms with Gasteiger partial charge in [-0.05, 0) is 36.4 Å². The average Bonchev–Trinajstić information content (AvgIpc) is 2.59. The molecule has 0 spiro atoms. The lowest BCUT2D eigenvalue weighted by molar-refractivity contribution is -0.137. The first kappa shape index (κ1) is 16.9. The maximum atomic E-state index is 13.6. The van der Waals surface area contributed by atoms with E-state index in [-0.39, 0.29) is 11.5 Å². The Hall–Kier alpha value is -2.54. The van der Waals surface area contributed by atoms with E-state index in [1.54, 1.807) is 0 Å². The van der Waals surface area contributed by atoms with Gasteiger partial charge in [-0.2, -0.15) is 13.2 Å². The Kier molecular flexibility index (Phi) is 3.91. The van der Waals surface area contributed by atoms with Crippen LogP contribution in [0.2, 0.25) is 0 Å². The van der Waals surface area contributed by atoms with E-state index in [4.69, 9.17) is 4.74 Å². The average molecular weight is 381 g/mol.